The number of nitrogens with one attached hydrogen (secondary N) is 1. The lowest BCUT2D eigenvalue weighted by Gasteiger charge is -2.46. The second kappa shape index (κ2) is 6.33. The van der Waals surface area contributed by atoms with Gasteiger partial charge in [0.05, 0.1) is 17.3 Å². The van der Waals surface area contributed by atoms with Gasteiger partial charge in [0.2, 0.25) is 5.96 Å². The van der Waals surface area contributed by atoms with E-state index in [1.54, 1.807) is 5.01 Å². The summed E-state index contributed by atoms with van der Waals surface area (Å²) >= 11 is 0. The van der Waals surface area contributed by atoms with Gasteiger partial charge in [0.1, 0.15) is 0 Å². The molecule has 1 aromatic rings. The topological polar surface area (TPSA) is 43.2 Å². The van der Waals surface area contributed by atoms with Gasteiger partial charge in [0, 0.05) is 30.4 Å². The lowest BCUT2D eigenvalue weighted by Crippen LogP contribution is -2.62. The summed E-state index contributed by atoms with van der Waals surface area (Å²) < 4.78 is 39.2. The van der Waals surface area contributed by atoms with Crippen LogP contribution in [-0.4, -0.2) is 47.8 Å². The van der Waals surface area contributed by atoms with Gasteiger partial charge in [-0.05, 0) is 46.0 Å². The molecular weight excluding hydrogens is 331 g/mol. The number of benzene rings is 1. The van der Waals surface area contributed by atoms with Gasteiger partial charge in [-0.15, -0.1) is 0 Å². The Hall–Kier alpha value is -2.09. The molecule has 8 heteroatoms. The molecule has 0 radical (unpaired) electrons. The van der Waals surface area contributed by atoms with Crippen LogP contribution in [0.5, 0.6) is 0 Å². The third-order valence-corrected chi connectivity index (χ3v) is 4.48. The van der Waals surface area contributed by atoms with Crippen molar-refractivity contribution in [3.05, 3.63) is 29.3 Å². The maximum atomic E-state index is 13.1. The molecule has 0 bridgehead atoms. The van der Waals surface area contributed by atoms with E-state index in [-0.39, 0.29) is 6.04 Å². The van der Waals surface area contributed by atoms with Gasteiger partial charge in [-0.2, -0.15) is 18.3 Å². The molecule has 1 N–H and O–H groups in total. The van der Waals surface area contributed by atoms with Crippen LogP contribution < -0.4 is 5.32 Å². The maximum absolute atomic E-state index is 13.1. The molecule has 0 aromatic heterocycles. The Balaban J connectivity index is 2.02. The fourth-order valence-corrected chi connectivity index (χ4v) is 3.02. The summed E-state index contributed by atoms with van der Waals surface area (Å²) in [6.45, 7) is 7.17. The first kappa shape index (κ1) is 17.7. The first-order valence-electron chi connectivity index (χ1n) is 8.23. The van der Waals surface area contributed by atoms with Crippen LogP contribution in [0, 0.1) is 0 Å². The number of hydrazone groups is 1. The normalized spacial score (nSPS) is 20.8. The number of guanidine groups is 1. The quantitative estimate of drug-likeness (QED) is 0.829. The molecule has 0 amide bonds. The van der Waals surface area contributed by atoms with Gasteiger partial charge in [-0.25, -0.2) is 10.0 Å². The first-order chi connectivity index (χ1) is 11.7. The summed E-state index contributed by atoms with van der Waals surface area (Å²) in [5.74, 6) is 0.687. The summed E-state index contributed by atoms with van der Waals surface area (Å²) in [6, 6.07) is 3.78. The van der Waals surface area contributed by atoms with E-state index in [4.69, 9.17) is 0 Å². The number of alkyl halides is 3. The van der Waals surface area contributed by atoms with E-state index in [0.29, 0.717) is 23.3 Å². The average molecular weight is 353 g/mol. The van der Waals surface area contributed by atoms with Crippen LogP contribution in [0.25, 0.3) is 0 Å². The molecular formula is C17H22F3N5. The van der Waals surface area contributed by atoms with E-state index in [9.17, 15) is 13.2 Å². The van der Waals surface area contributed by atoms with E-state index >= 15 is 0 Å². The molecule has 1 fully saturated rings. The van der Waals surface area contributed by atoms with Crippen molar-refractivity contribution in [2.24, 2.45) is 10.1 Å². The fourth-order valence-electron chi connectivity index (χ4n) is 3.02. The van der Waals surface area contributed by atoms with Crippen LogP contribution in [0.4, 0.5) is 18.9 Å². The Kier molecular flexibility index (Phi) is 4.49. The molecule has 0 saturated carbocycles. The molecule has 3 rings (SSSR count). The average Bonchev–Trinajstić information content (AvgIpc) is 2.48. The van der Waals surface area contributed by atoms with E-state index in [0.717, 1.165) is 24.9 Å². The fraction of sp³-hybridized carbons (Fsp3) is 0.529. The first-order valence-corrected chi connectivity index (χ1v) is 8.23. The zero-order valence-corrected chi connectivity index (χ0v) is 14.7. The minimum atomic E-state index is -4.37. The molecule has 5 nitrogen and oxygen atoms in total. The van der Waals surface area contributed by atoms with Crippen LogP contribution in [-0.2, 0) is 6.18 Å². The Labute approximate surface area is 145 Å². The molecule has 2 aliphatic heterocycles. The lowest BCUT2D eigenvalue weighted by molar-refractivity contribution is -0.137. The second-order valence-electron chi connectivity index (χ2n) is 6.64. The number of hydrogen-bond donors (Lipinski definition) is 1. The lowest BCUT2D eigenvalue weighted by atomic mass is 10.00. The van der Waals surface area contributed by atoms with Crippen molar-refractivity contribution in [3.8, 4) is 0 Å². The highest BCUT2D eigenvalue weighted by Crippen LogP contribution is 2.40. The van der Waals surface area contributed by atoms with Crippen LogP contribution in [0.15, 0.2) is 28.3 Å². The molecule has 2 heterocycles. The van der Waals surface area contributed by atoms with Crippen LogP contribution in [0.2, 0.25) is 0 Å². The van der Waals surface area contributed by atoms with Crippen LogP contribution in [0.3, 0.4) is 0 Å². The van der Waals surface area contributed by atoms with Crippen molar-refractivity contribution in [3.63, 3.8) is 0 Å². The highest BCUT2D eigenvalue weighted by Gasteiger charge is 2.38. The molecule has 1 saturated heterocycles. The third-order valence-electron chi connectivity index (χ3n) is 4.48. The van der Waals surface area contributed by atoms with Crippen molar-refractivity contribution < 1.29 is 13.2 Å². The Morgan fingerprint density at radius 3 is 2.52 bits per heavy atom. The number of aliphatic imine (C=N–C) groups is 1. The molecule has 0 spiro atoms. The number of rotatable bonds is 2. The SMILES string of the molecule is CNC1CN(C2=Nc3ccc(C(F)(F)F)cc3C(C)N2N=C(C)C)C1. The summed E-state index contributed by atoms with van der Waals surface area (Å²) in [7, 11) is 1.91. The van der Waals surface area contributed by atoms with E-state index in [1.165, 1.54) is 12.1 Å². The Morgan fingerprint density at radius 2 is 1.96 bits per heavy atom. The van der Waals surface area contributed by atoms with E-state index in [2.05, 4.69) is 20.3 Å². The minimum Gasteiger partial charge on any atom is -0.338 e. The number of hydrogen-bond acceptors (Lipinski definition) is 5. The number of likely N-dealkylation sites (N-methyl/N-ethyl adjacent to an activating group) is 1. The molecule has 0 aliphatic carbocycles. The zero-order valence-electron chi connectivity index (χ0n) is 14.7. The third kappa shape index (κ3) is 3.35. The summed E-state index contributed by atoms with van der Waals surface area (Å²) in [5.41, 5.74) is 1.27. The number of likely N-dealkylation sites (tertiary alicyclic amines) is 1. The predicted octanol–water partition coefficient (Wildman–Crippen LogP) is 3.37. The second-order valence-corrected chi connectivity index (χ2v) is 6.64. The molecule has 1 atom stereocenters. The van der Waals surface area contributed by atoms with E-state index < -0.39 is 11.7 Å². The van der Waals surface area contributed by atoms with Crippen LogP contribution in [0.1, 0.15) is 37.9 Å². The highest BCUT2D eigenvalue weighted by molar-refractivity contribution is 5.88. The molecule has 1 aromatic carbocycles. The Morgan fingerprint density at radius 1 is 1.28 bits per heavy atom. The molecule has 2 aliphatic rings. The molecule has 25 heavy (non-hydrogen) atoms. The van der Waals surface area contributed by atoms with Gasteiger partial charge in [-0.1, -0.05) is 0 Å². The summed E-state index contributed by atoms with van der Waals surface area (Å²) in [6.07, 6.45) is -4.37. The van der Waals surface area contributed by atoms with Crippen LogP contribution >= 0.6 is 0 Å². The van der Waals surface area contributed by atoms with Crippen molar-refractivity contribution in [1.29, 1.82) is 0 Å². The summed E-state index contributed by atoms with van der Waals surface area (Å²) in [5, 5.41) is 9.45. The summed E-state index contributed by atoms with van der Waals surface area (Å²) in [4.78, 5) is 6.70. The van der Waals surface area contributed by atoms with Crippen molar-refractivity contribution in [1.82, 2.24) is 15.2 Å². The maximum Gasteiger partial charge on any atom is 0.416 e. The standard InChI is InChI=1S/C17H22F3N5/c1-10(2)23-25-11(3)14-7-12(17(18,19)20)5-6-15(14)22-16(25)24-8-13(9-24)21-4/h5-7,11,13,21H,8-9H2,1-4H3. The van der Waals surface area contributed by atoms with Gasteiger partial charge < -0.3 is 10.2 Å². The van der Waals surface area contributed by atoms with Gasteiger partial charge >= 0.3 is 6.18 Å². The van der Waals surface area contributed by atoms with Crippen molar-refractivity contribution >= 4 is 17.4 Å². The molecule has 136 valence electrons. The minimum absolute atomic E-state index is 0.326. The van der Waals surface area contributed by atoms with Crippen molar-refractivity contribution in [2.75, 3.05) is 20.1 Å². The highest BCUT2D eigenvalue weighted by atomic mass is 19.4. The number of nitrogens with zero attached hydrogens (tertiary/aromatic N) is 4. The van der Waals surface area contributed by atoms with Gasteiger partial charge in [0.25, 0.3) is 0 Å². The predicted molar refractivity (Wildman–Crippen MR) is 92.0 cm³/mol. The number of halogens is 3. The van der Waals surface area contributed by atoms with Crippen molar-refractivity contribution in [2.45, 2.75) is 39.0 Å². The largest absolute Gasteiger partial charge is 0.416 e. The molecule has 1 unspecified atom stereocenters. The van der Waals surface area contributed by atoms with Gasteiger partial charge in [0.15, 0.2) is 0 Å². The zero-order chi connectivity index (χ0) is 18.4. The smallest absolute Gasteiger partial charge is 0.338 e. The Bertz CT molecular complexity index is 715. The monoisotopic (exact) mass is 353 g/mol. The van der Waals surface area contributed by atoms with E-state index in [1.807, 2.05) is 27.8 Å². The van der Waals surface area contributed by atoms with Gasteiger partial charge in [-0.3, -0.25) is 0 Å². The number of fused-ring (bicyclic) bond motifs is 1.